The first-order valence-electron chi connectivity index (χ1n) is 6.72. The van der Waals surface area contributed by atoms with Crippen molar-refractivity contribution in [1.82, 2.24) is 0 Å². The molecule has 1 amide bonds. The average molecular weight is 281 g/mol. The number of piperidine rings is 1. The van der Waals surface area contributed by atoms with Crippen molar-refractivity contribution in [2.24, 2.45) is 11.8 Å². The zero-order chi connectivity index (χ0) is 14.9. The molecule has 1 aromatic carbocycles. The summed E-state index contributed by atoms with van der Waals surface area (Å²) in [6, 6.07) is 3.47. The van der Waals surface area contributed by atoms with Crippen LogP contribution in [0.15, 0.2) is 18.2 Å². The van der Waals surface area contributed by atoms with Gasteiger partial charge in [0, 0.05) is 12.5 Å². The van der Waals surface area contributed by atoms with Gasteiger partial charge in [0.1, 0.15) is 23.1 Å². The first-order valence-corrected chi connectivity index (χ1v) is 6.72. The second-order valence-electron chi connectivity index (χ2n) is 5.31. The smallest absolute Gasteiger partial charge is 0.237 e. The molecule has 0 spiro atoms. The molecule has 20 heavy (non-hydrogen) atoms. The predicted molar refractivity (Wildman–Crippen MR) is 71.3 cm³/mol. The van der Waals surface area contributed by atoms with Gasteiger partial charge in [-0.15, -0.1) is 0 Å². The zero-order valence-electron chi connectivity index (χ0n) is 11.5. The van der Waals surface area contributed by atoms with Gasteiger partial charge in [-0.25, -0.2) is 8.78 Å². The molecule has 1 aliphatic heterocycles. The Bertz CT molecular complexity index is 522. The molecule has 0 bridgehead atoms. The first-order chi connectivity index (χ1) is 9.43. The molecular weight excluding hydrogens is 264 g/mol. The summed E-state index contributed by atoms with van der Waals surface area (Å²) in [6.45, 7) is 3.68. The molecular formula is C15H17F2NO2. The summed E-state index contributed by atoms with van der Waals surface area (Å²) in [7, 11) is 0. The van der Waals surface area contributed by atoms with Crippen LogP contribution in [0.1, 0.15) is 26.7 Å². The van der Waals surface area contributed by atoms with Crippen LogP contribution in [-0.4, -0.2) is 18.2 Å². The summed E-state index contributed by atoms with van der Waals surface area (Å²) in [4.78, 5) is 25.4. The molecule has 1 aromatic rings. The molecule has 0 aliphatic carbocycles. The lowest BCUT2D eigenvalue weighted by Crippen LogP contribution is -2.46. The van der Waals surface area contributed by atoms with Gasteiger partial charge in [0.15, 0.2) is 0 Å². The van der Waals surface area contributed by atoms with Gasteiger partial charge < -0.3 is 4.90 Å². The van der Waals surface area contributed by atoms with Gasteiger partial charge in [-0.2, -0.15) is 0 Å². The van der Waals surface area contributed by atoms with E-state index in [1.54, 1.807) is 13.8 Å². The Morgan fingerprint density at radius 3 is 2.45 bits per heavy atom. The minimum Gasteiger partial charge on any atom is -0.307 e. The number of halogens is 2. The van der Waals surface area contributed by atoms with Crippen molar-refractivity contribution < 1.29 is 18.4 Å². The van der Waals surface area contributed by atoms with Gasteiger partial charge in [0.05, 0.1) is 5.92 Å². The Labute approximate surface area is 116 Å². The monoisotopic (exact) mass is 281 g/mol. The molecule has 1 aliphatic rings. The number of anilines is 1. The van der Waals surface area contributed by atoms with Crippen molar-refractivity contribution in [2.75, 3.05) is 11.4 Å². The van der Waals surface area contributed by atoms with Crippen molar-refractivity contribution in [3.8, 4) is 0 Å². The van der Waals surface area contributed by atoms with Crippen LogP contribution >= 0.6 is 0 Å². The molecule has 0 unspecified atom stereocenters. The van der Waals surface area contributed by atoms with Gasteiger partial charge in [-0.1, -0.05) is 19.9 Å². The van der Waals surface area contributed by atoms with E-state index in [4.69, 9.17) is 0 Å². The molecule has 0 aromatic heterocycles. The lowest BCUT2D eigenvalue weighted by atomic mass is 9.87. The van der Waals surface area contributed by atoms with Gasteiger partial charge in [0.2, 0.25) is 5.91 Å². The van der Waals surface area contributed by atoms with Crippen LogP contribution in [0.3, 0.4) is 0 Å². The van der Waals surface area contributed by atoms with E-state index in [1.165, 1.54) is 6.07 Å². The summed E-state index contributed by atoms with van der Waals surface area (Å²) in [5.41, 5.74) is -0.348. The van der Waals surface area contributed by atoms with Crippen molar-refractivity contribution >= 4 is 17.4 Å². The summed E-state index contributed by atoms with van der Waals surface area (Å²) in [6.07, 6.45) is 1.01. The highest BCUT2D eigenvalue weighted by atomic mass is 19.1. The number of hydrogen-bond donors (Lipinski definition) is 0. The number of carbonyl (C=O) groups excluding carboxylic acids is 2. The number of carbonyl (C=O) groups is 2. The fraction of sp³-hybridized carbons (Fsp3) is 0.467. The van der Waals surface area contributed by atoms with Gasteiger partial charge in [-0.3, -0.25) is 9.59 Å². The molecule has 0 N–H and O–H groups in total. The Kier molecular flexibility index (Phi) is 4.16. The summed E-state index contributed by atoms with van der Waals surface area (Å²) in [5.74, 6) is -3.29. The third kappa shape index (κ3) is 2.57. The van der Waals surface area contributed by atoms with E-state index < -0.39 is 23.5 Å². The maximum absolute atomic E-state index is 13.8. The Balaban J connectivity index is 2.34. The molecule has 108 valence electrons. The second kappa shape index (κ2) is 5.69. The minimum absolute atomic E-state index is 0.170. The van der Waals surface area contributed by atoms with E-state index in [-0.39, 0.29) is 23.9 Å². The molecule has 2 rings (SSSR count). The van der Waals surface area contributed by atoms with E-state index in [9.17, 15) is 18.4 Å². The topological polar surface area (TPSA) is 37.4 Å². The summed E-state index contributed by atoms with van der Waals surface area (Å²) >= 11 is 0. The van der Waals surface area contributed by atoms with Crippen LogP contribution in [0.2, 0.25) is 0 Å². The number of para-hydroxylation sites is 1. The van der Waals surface area contributed by atoms with E-state index >= 15 is 0 Å². The number of nitrogens with zero attached hydrogens (tertiary/aromatic N) is 1. The van der Waals surface area contributed by atoms with Gasteiger partial charge in [0.25, 0.3) is 0 Å². The molecule has 1 heterocycles. The van der Waals surface area contributed by atoms with Crippen LogP contribution in [0.4, 0.5) is 14.5 Å². The highest BCUT2D eigenvalue weighted by Gasteiger charge is 2.37. The maximum atomic E-state index is 13.8. The molecule has 0 saturated carbocycles. The summed E-state index contributed by atoms with van der Waals surface area (Å²) in [5, 5.41) is 0. The van der Waals surface area contributed by atoms with Crippen LogP contribution < -0.4 is 4.90 Å². The quantitative estimate of drug-likeness (QED) is 0.799. The van der Waals surface area contributed by atoms with Crippen molar-refractivity contribution in [3.63, 3.8) is 0 Å². The largest absolute Gasteiger partial charge is 0.307 e. The normalized spacial score (nSPS) is 19.6. The number of ketones is 1. The van der Waals surface area contributed by atoms with Crippen molar-refractivity contribution in [1.29, 1.82) is 0 Å². The third-order valence-electron chi connectivity index (χ3n) is 3.56. The lowest BCUT2D eigenvalue weighted by molar-refractivity contribution is -0.135. The minimum atomic E-state index is -0.789. The standard InChI is InChI=1S/C15H17F2NO2/c1-9(2)14(19)10-5-4-8-18(15(10)20)13-11(16)6-3-7-12(13)17/h3,6-7,9-10H,4-5,8H2,1-2H3/t10-/m0/s1. The second-order valence-corrected chi connectivity index (χ2v) is 5.31. The predicted octanol–water partition coefficient (Wildman–Crippen LogP) is 2.93. The number of rotatable bonds is 3. The van der Waals surface area contributed by atoms with E-state index in [0.717, 1.165) is 17.0 Å². The number of Topliss-reactive ketones (excluding diaryl/α,β-unsaturated/α-hetero) is 1. The molecule has 5 heteroatoms. The van der Waals surface area contributed by atoms with Gasteiger partial charge in [-0.05, 0) is 25.0 Å². The Morgan fingerprint density at radius 2 is 1.90 bits per heavy atom. The molecule has 1 atom stereocenters. The first kappa shape index (κ1) is 14.6. The van der Waals surface area contributed by atoms with E-state index in [0.29, 0.717) is 12.8 Å². The average Bonchev–Trinajstić information content (AvgIpc) is 2.39. The SMILES string of the molecule is CC(C)C(=O)[C@@H]1CCCN(c2c(F)cccc2F)C1=O. The maximum Gasteiger partial charge on any atom is 0.237 e. The Hall–Kier alpha value is -1.78. The Morgan fingerprint density at radius 1 is 1.30 bits per heavy atom. The fourth-order valence-electron chi connectivity index (χ4n) is 2.51. The van der Waals surface area contributed by atoms with Crippen molar-refractivity contribution in [3.05, 3.63) is 29.8 Å². The highest BCUT2D eigenvalue weighted by molar-refractivity contribution is 6.09. The lowest BCUT2D eigenvalue weighted by Gasteiger charge is -2.32. The highest BCUT2D eigenvalue weighted by Crippen LogP contribution is 2.30. The van der Waals surface area contributed by atoms with Gasteiger partial charge >= 0.3 is 0 Å². The molecule has 3 nitrogen and oxygen atoms in total. The van der Waals surface area contributed by atoms with E-state index in [2.05, 4.69) is 0 Å². The third-order valence-corrected chi connectivity index (χ3v) is 3.56. The van der Waals surface area contributed by atoms with Crippen molar-refractivity contribution in [2.45, 2.75) is 26.7 Å². The number of benzene rings is 1. The van der Waals surface area contributed by atoms with Crippen LogP contribution in [0, 0.1) is 23.5 Å². The fourth-order valence-corrected chi connectivity index (χ4v) is 2.51. The van der Waals surface area contributed by atoms with Crippen LogP contribution in [-0.2, 0) is 9.59 Å². The number of amides is 1. The summed E-state index contributed by atoms with van der Waals surface area (Å²) < 4.78 is 27.6. The zero-order valence-corrected chi connectivity index (χ0v) is 11.5. The van der Waals surface area contributed by atoms with E-state index in [1.807, 2.05) is 0 Å². The van der Waals surface area contributed by atoms with Crippen LogP contribution in [0.5, 0.6) is 0 Å². The number of hydrogen-bond acceptors (Lipinski definition) is 2. The molecule has 1 saturated heterocycles. The molecule has 0 radical (unpaired) electrons. The van der Waals surface area contributed by atoms with Crippen LogP contribution in [0.25, 0.3) is 0 Å². The molecule has 1 fully saturated rings.